The molecule has 2 atom stereocenters. The zero-order chi connectivity index (χ0) is 23.2. The van der Waals surface area contributed by atoms with Gasteiger partial charge in [-0.3, -0.25) is 4.79 Å². The fourth-order valence-corrected chi connectivity index (χ4v) is 6.01. The number of piperidine rings is 2. The summed E-state index contributed by atoms with van der Waals surface area (Å²) in [6.07, 6.45) is 6.95. The molecule has 2 aliphatic heterocycles. The van der Waals surface area contributed by atoms with Gasteiger partial charge in [-0.25, -0.2) is 9.97 Å². The number of amides is 1. The first kappa shape index (κ1) is 20.7. The number of nitrogens with one attached hydrogen (secondary N) is 1. The minimum atomic E-state index is -0.0860. The molecule has 170 valence electrons. The zero-order valence-corrected chi connectivity index (χ0v) is 19.3. The van der Waals surface area contributed by atoms with E-state index in [2.05, 4.69) is 38.5 Å². The van der Waals surface area contributed by atoms with Crippen LogP contribution in [0.1, 0.15) is 35.7 Å². The number of rotatable bonds is 5. The number of fused-ring (bicyclic) bond motifs is 3. The van der Waals surface area contributed by atoms with E-state index in [0.717, 1.165) is 28.3 Å². The van der Waals surface area contributed by atoms with E-state index in [1.54, 1.807) is 36.8 Å². The van der Waals surface area contributed by atoms with Crippen LogP contribution < -0.4 is 5.32 Å². The van der Waals surface area contributed by atoms with Gasteiger partial charge in [-0.15, -0.1) is 0 Å². The average Bonchev–Trinajstić information content (AvgIpc) is 3.51. The fraction of sp³-hybridized carbons (Fsp3) is 0.333. The van der Waals surface area contributed by atoms with Gasteiger partial charge in [0, 0.05) is 18.8 Å². The molecule has 3 fully saturated rings. The third-order valence-corrected chi connectivity index (χ3v) is 8.04. The maximum absolute atomic E-state index is 14.0. The van der Waals surface area contributed by atoms with Gasteiger partial charge in [0.2, 0.25) is 0 Å². The highest BCUT2D eigenvalue weighted by molar-refractivity contribution is 7.21. The largest absolute Gasteiger partial charge is 0.359 e. The first-order valence-electron chi connectivity index (χ1n) is 11.3. The van der Waals surface area contributed by atoms with Gasteiger partial charge in [-0.05, 0) is 55.0 Å². The lowest BCUT2D eigenvalue weighted by atomic mass is 9.64. The van der Waals surface area contributed by atoms with Crippen LogP contribution in [0.3, 0.4) is 0 Å². The number of hydrogen-bond acceptors (Lipinski definition) is 8. The standard InChI is InChI=1S/C24H22N8OS/c1-14-16-10-17(11-16)31(21(14)13-27-24-30-19-3-2-6-26-22(19)34-24)23(33)18-9-15(12-25)4-5-20(18)32-28-7-8-29-32/h2-9,14,16-17,21H,10-11,13H2,1H3,(H,27,30). The molecule has 34 heavy (non-hydrogen) atoms. The molecule has 0 radical (unpaired) electrons. The third kappa shape index (κ3) is 3.40. The molecule has 9 nitrogen and oxygen atoms in total. The Labute approximate surface area is 200 Å². The Kier molecular flexibility index (Phi) is 4.99. The van der Waals surface area contributed by atoms with E-state index in [1.807, 2.05) is 17.0 Å². The normalized spacial score (nSPS) is 23.4. The summed E-state index contributed by atoms with van der Waals surface area (Å²) in [6, 6.07) is 11.3. The Bertz CT molecular complexity index is 1370. The van der Waals surface area contributed by atoms with Crippen LogP contribution in [-0.4, -0.2) is 54.4 Å². The molecule has 1 aliphatic carbocycles. The van der Waals surface area contributed by atoms with E-state index in [9.17, 15) is 10.1 Å². The van der Waals surface area contributed by atoms with E-state index in [0.29, 0.717) is 35.2 Å². The van der Waals surface area contributed by atoms with E-state index in [-0.39, 0.29) is 18.0 Å². The molecule has 4 aromatic rings. The molecule has 1 amide bonds. The molecule has 3 aliphatic rings. The van der Waals surface area contributed by atoms with E-state index >= 15 is 0 Å². The van der Waals surface area contributed by atoms with Crippen LogP contribution in [0, 0.1) is 23.2 Å². The predicted octanol–water partition coefficient (Wildman–Crippen LogP) is 3.49. The average molecular weight is 471 g/mol. The maximum Gasteiger partial charge on any atom is 0.256 e. The molecule has 1 saturated carbocycles. The van der Waals surface area contributed by atoms with Gasteiger partial charge < -0.3 is 10.2 Å². The molecule has 0 spiro atoms. The van der Waals surface area contributed by atoms with Crippen molar-refractivity contribution in [3.63, 3.8) is 0 Å². The first-order chi connectivity index (χ1) is 16.6. The van der Waals surface area contributed by atoms with Crippen molar-refractivity contribution in [2.75, 3.05) is 11.9 Å². The maximum atomic E-state index is 14.0. The molecule has 1 N–H and O–H groups in total. The minimum Gasteiger partial charge on any atom is -0.359 e. The highest BCUT2D eigenvalue weighted by atomic mass is 32.1. The summed E-state index contributed by atoms with van der Waals surface area (Å²) in [6.45, 7) is 2.83. The molecule has 7 rings (SSSR count). The van der Waals surface area contributed by atoms with Crippen LogP contribution in [0.2, 0.25) is 0 Å². The fourth-order valence-electron chi connectivity index (χ4n) is 5.19. The lowest BCUT2D eigenvalue weighted by Crippen LogP contribution is -2.64. The summed E-state index contributed by atoms with van der Waals surface area (Å²) in [5.41, 5.74) is 2.33. The van der Waals surface area contributed by atoms with Crippen molar-refractivity contribution in [3.8, 4) is 11.8 Å². The number of hydrogen-bond donors (Lipinski definition) is 1. The van der Waals surface area contributed by atoms with Crippen molar-refractivity contribution in [2.45, 2.75) is 31.8 Å². The predicted molar refractivity (Wildman–Crippen MR) is 128 cm³/mol. The van der Waals surface area contributed by atoms with E-state index in [1.165, 1.54) is 16.1 Å². The van der Waals surface area contributed by atoms with Crippen LogP contribution >= 0.6 is 11.3 Å². The second kappa shape index (κ2) is 8.18. The molecular formula is C24H22N8OS. The first-order valence-corrected chi connectivity index (χ1v) is 12.1. The Morgan fingerprint density at radius 3 is 2.82 bits per heavy atom. The van der Waals surface area contributed by atoms with Gasteiger partial charge in [-0.1, -0.05) is 18.3 Å². The van der Waals surface area contributed by atoms with Crippen LogP contribution in [0.5, 0.6) is 0 Å². The number of carbonyl (C=O) groups excluding carboxylic acids is 1. The molecule has 1 aromatic carbocycles. The lowest BCUT2D eigenvalue weighted by molar-refractivity contribution is -0.0502. The number of anilines is 1. The Morgan fingerprint density at radius 1 is 1.24 bits per heavy atom. The third-order valence-electron chi connectivity index (χ3n) is 7.10. The Morgan fingerprint density at radius 2 is 2.06 bits per heavy atom. The van der Waals surface area contributed by atoms with Crippen molar-refractivity contribution in [1.82, 2.24) is 29.9 Å². The summed E-state index contributed by atoms with van der Waals surface area (Å²) in [4.78, 5) is 27.4. The second-order valence-electron chi connectivity index (χ2n) is 8.91. The summed E-state index contributed by atoms with van der Waals surface area (Å²) < 4.78 is 0. The quantitative estimate of drug-likeness (QED) is 0.475. The van der Waals surface area contributed by atoms with Crippen LogP contribution in [0.4, 0.5) is 5.13 Å². The number of pyridine rings is 1. The molecule has 2 saturated heterocycles. The zero-order valence-electron chi connectivity index (χ0n) is 18.5. The van der Waals surface area contributed by atoms with E-state index < -0.39 is 0 Å². The van der Waals surface area contributed by atoms with Crippen LogP contribution in [-0.2, 0) is 0 Å². The van der Waals surface area contributed by atoms with Crippen molar-refractivity contribution in [3.05, 3.63) is 60.0 Å². The van der Waals surface area contributed by atoms with Gasteiger partial charge >= 0.3 is 0 Å². The number of nitriles is 1. The van der Waals surface area contributed by atoms with Gasteiger partial charge in [0.05, 0.1) is 41.3 Å². The van der Waals surface area contributed by atoms with Crippen LogP contribution in [0.15, 0.2) is 48.9 Å². The summed E-state index contributed by atoms with van der Waals surface area (Å²) >= 11 is 1.52. The highest BCUT2D eigenvalue weighted by Crippen LogP contribution is 2.47. The van der Waals surface area contributed by atoms with Gasteiger partial charge in [-0.2, -0.15) is 20.3 Å². The van der Waals surface area contributed by atoms with Gasteiger partial charge in [0.25, 0.3) is 5.91 Å². The second-order valence-corrected chi connectivity index (χ2v) is 9.89. The summed E-state index contributed by atoms with van der Waals surface area (Å²) in [5, 5.41) is 22.2. The summed E-state index contributed by atoms with van der Waals surface area (Å²) in [7, 11) is 0. The topological polar surface area (TPSA) is 113 Å². The molecule has 10 heteroatoms. The monoisotopic (exact) mass is 470 g/mol. The Hall–Kier alpha value is -3.84. The SMILES string of the molecule is CC1C2CC(C2)N(C(=O)c2cc(C#N)ccc2-n2nccn2)C1CNc1nc2cccnc2s1. The van der Waals surface area contributed by atoms with Crippen molar-refractivity contribution >= 4 is 32.7 Å². The van der Waals surface area contributed by atoms with Crippen LogP contribution in [0.25, 0.3) is 16.0 Å². The number of aromatic nitrogens is 5. The smallest absolute Gasteiger partial charge is 0.256 e. The molecule has 2 bridgehead atoms. The number of benzene rings is 1. The highest BCUT2D eigenvalue weighted by Gasteiger charge is 2.50. The minimum absolute atomic E-state index is 0.00847. The lowest BCUT2D eigenvalue weighted by Gasteiger charge is -2.57. The van der Waals surface area contributed by atoms with Crippen molar-refractivity contribution in [1.29, 1.82) is 5.26 Å². The number of nitrogens with zero attached hydrogens (tertiary/aromatic N) is 7. The van der Waals surface area contributed by atoms with Gasteiger partial charge in [0.15, 0.2) is 5.13 Å². The van der Waals surface area contributed by atoms with E-state index in [4.69, 9.17) is 0 Å². The summed E-state index contributed by atoms with van der Waals surface area (Å²) in [5.74, 6) is 0.882. The van der Waals surface area contributed by atoms with Crippen molar-refractivity contribution in [2.24, 2.45) is 11.8 Å². The van der Waals surface area contributed by atoms with Gasteiger partial charge in [0.1, 0.15) is 10.3 Å². The molecule has 2 unspecified atom stereocenters. The van der Waals surface area contributed by atoms with Crippen molar-refractivity contribution < 1.29 is 4.79 Å². The molecule has 3 aromatic heterocycles. The Balaban J connectivity index is 1.32. The number of thiazole rings is 1. The molecular weight excluding hydrogens is 448 g/mol. The number of carbonyl (C=O) groups is 1. The molecule has 5 heterocycles.